The zero-order valence-electron chi connectivity index (χ0n) is 14.8. The maximum absolute atomic E-state index is 9.44. The van der Waals surface area contributed by atoms with E-state index in [2.05, 4.69) is 48.6 Å². The Bertz CT molecular complexity index is 1120. The van der Waals surface area contributed by atoms with E-state index in [1.54, 1.807) is 54.9 Å². The molecule has 8 heteroatoms. The van der Waals surface area contributed by atoms with Crippen LogP contribution in [0.1, 0.15) is 11.4 Å². The van der Waals surface area contributed by atoms with Crippen molar-refractivity contribution in [1.29, 1.82) is 0 Å². The molecule has 3 aromatic heterocycles. The van der Waals surface area contributed by atoms with Crippen molar-refractivity contribution in [2.75, 3.05) is 5.32 Å². The van der Waals surface area contributed by atoms with Gasteiger partial charge in [-0.15, -0.1) is 0 Å². The molecule has 0 atom stereocenters. The normalized spacial score (nSPS) is 10.6. The lowest BCUT2D eigenvalue weighted by Gasteiger charge is -2.07. The van der Waals surface area contributed by atoms with Crippen molar-refractivity contribution >= 4 is 23.7 Å². The molecule has 0 unspecified atom stereocenters. The van der Waals surface area contributed by atoms with Gasteiger partial charge in [0.1, 0.15) is 17.3 Å². The van der Waals surface area contributed by atoms with Gasteiger partial charge in [-0.05, 0) is 42.5 Å². The summed E-state index contributed by atoms with van der Waals surface area (Å²) >= 11 is 0. The fourth-order valence-corrected chi connectivity index (χ4v) is 2.71. The van der Waals surface area contributed by atoms with E-state index < -0.39 is 0 Å². The van der Waals surface area contributed by atoms with Crippen molar-refractivity contribution in [3.63, 3.8) is 0 Å². The van der Waals surface area contributed by atoms with Crippen molar-refractivity contribution in [2.24, 2.45) is 0 Å². The average molecular weight is 371 g/mol. The molecule has 1 aromatic carbocycles. The maximum atomic E-state index is 9.44. The molecule has 0 amide bonds. The van der Waals surface area contributed by atoms with Crippen LogP contribution in [0.15, 0.2) is 55.9 Å². The van der Waals surface area contributed by atoms with E-state index in [0.29, 0.717) is 34.5 Å². The van der Waals surface area contributed by atoms with Crippen molar-refractivity contribution in [1.82, 2.24) is 30.1 Å². The first-order valence-corrected chi connectivity index (χ1v) is 8.46. The molecule has 0 spiro atoms. The summed E-state index contributed by atoms with van der Waals surface area (Å²) in [5, 5.41) is 19.7. The minimum Gasteiger partial charge on any atom is -0.508 e. The molecular formula is C20H17N7O. The number of imidazole rings is 1. The van der Waals surface area contributed by atoms with Crippen LogP contribution in [0.4, 0.5) is 11.5 Å². The lowest BCUT2D eigenvalue weighted by molar-refractivity contribution is 0.475. The second-order valence-electron chi connectivity index (χ2n) is 5.89. The van der Waals surface area contributed by atoms with Crippen molar-refractivity contribution in [3.8, 4) is 28.7 Å². The minimum atomic E-state index is 0.192. The average Bonchev–Trinajstić information content (AvgIpc) is 3.35. The van der Waals surface area contributed by atoms with Gasteiger partial charge in [-0.25, -0.2) is 15.0 Å². The predicted octanol–water partition coefficient (Wildman–Crippen LogP) is 3.99. The number of aromatic amines is 2. The van der Waals surface area contributed by atoms with Gasteiger partial charge < -0.3 is 15.4 Å². The van der Waals surface area contributed by atoms with Crippen LogP contribution in [0.3, 0.4) is 0 Å². The van der Waals surface area contributed by atoms with E-state index in [4.69, 9.17) is 0 Å². The van der Waals surface area contributed by atoms with E-state index in [-0.39, 0.29) is 5.75 Å². The number of hydrogen-bond donors (Lipinski definition) is 4. The highest BCUT2D eigenvalue weighted by Crippen LogP contribution is 2.28. The van der Waals surface area contributed by atoms with Crippen LogP contribution >= 0.6 is 0 Å². The van der Waals surface area contributed by atoms with Crippen LogP contribution in [-0.2, 0) is 0 Å². The lowest BCUT2D eigenvalue weighted by atomic mass is 10.2. The summed E-state index contributed by atoms with van der Waals surface area (Å²) in [5.41, 5.74) is 3.67. The van der Waals surface area contributed by atoms with Crippen LogP contribution in [0, 0.1) is 0 Å². The Hall–Kier alpha value is -4.20. The van der Waals surface area contributed by atoms with Gasteiger partial charge >= 0.3 is 0 Å². The molecule has 0 saturated heterocycles. The first-order chi connectivity index (χ1) is 13.7. The number of nitrogens with one attached hydrogen (secondary N) is 3. The molecule has 0 bridgehead atoms. The number of benzene rings is 1. The number of phenols is 1. The maximum Gasteiger partial charge on any atom is 0.161 e. The third-order valence-corrected chi connectivity index (χ3v) is 4.08. The third kappa shape index (κ3) is 3.26. The Labute approximate surface area is 160 Å². The summed E-state index contributed by atoms with van der Waals surface area (Å²) in [5.74, 6) is 1.94. The van der Waals surface area contributed by atoms with Gasteiger partial charge in [-0.2, -0.15) is 5.10 Å². The zero-order chi connectivity index (χ0) is 19.5. The molecule has 0 aliphatic carbocycles. The Morgan fingerprint density at radius 3 is 2.57 bits per heavy atom. The highest BCUT2D eigenvalue weighted by atomic mass is 16.3. The first-order valence-electron chi connectivity index (χ1n) is 8.46. The van der Waals surface area contributed by atoms with Gasteiger partial charge in [0.15, 0.2) is 11.6 Å². The molecule has 0 radical (unpaired) electrons. The van der Waals surface area contributed by atoms with Gasteiger partial charge in [0.05, 0.1) is 23.3 Å². The first kappa shape index (κ1) is 17.2. The van der Waals surface area contributed by atoms with E-state index in [0.717, 1.165) is 11.3 Å². The van der Waals surface area contributed by atoms with E-state index in [9.17, 15) is 5.11 Å². The van der Waals surface area contributed by atoms with E-state index in [1.807, 2.05) is 0 Å². The molecule has 0 fully saturated rings. The second-order valence-corrected chi connectivity index (χ2v) is 5.89. The fourth-order valence-electron chi connectivity index (χ4n) is 2.71. The van der Waals surface area contributed by atoms with Crippen LogP contribution in [0.5, 0.6) is 5.75 Å². The van der Waals surface area contributed by atoms with Gasteiger partial charge in [0.25, 0.3) is 0 Å². The van der Waals surface area contributed by atoms with Crippen molar-refractivity contribution < 1.29 is 5.11 Å². The SMILES string of the molecule is C=Cc1nc(-c2[nH]ncc2Nc2ccnc(-c3ccc(O)cc3)n2)[nH]c1C=C. The smallest absolute Gasteiger partial charge is 0.161 e. The molecule has 4 N–H and O–H groups in total. The number of aromatic hydroxyl groups is 1. The number of anilines is 2. The van der Waals surface area contributed by atoms with Crippen molar-refractivity contribution in [3.05, 3.63) is 67.3 Å². The van der Waals surface area contributed by atoms with Gasteiger partial charge in [-0.1, -0.05) is 13.2 Å². The summed E-state index contributed by atoms with van der Waals surface area (Å²) in [6, 6.07) is 8.46. The van der Waals surface area contributed by atoms with E-state index >= 15 is 0 Å². The number of nitrogens with zero attached hydrogens (tertiary/aromatic N) is 4. The number of H-pyrrole nitrogens is 2. The highest BCUT2D eigenvalue weighted by molar-refractivity contribution is 5.75. The third-order valence-electron chi connectivity index (χ3n) is 4.08. The molecule has 4 rings (SSSR count). The van der Waals surface area contributed by atoms with Crippen LogP contribution in [-0.4, -0.2) is 35.2 Å². The monoisotopic (exact) mass is 371 g/mol. The Morgan fingerprint density at radius 1 is 1.04 bits per heavy atom. The molecule has 3 heterocycles. The largest absolute Gasteiger partial charge is 0.508 e. The predicted molar refractivity (Wildman–Crippen MR) is 109 cm³/mol. The van der Waals surface area contributed by atoms with Crippen LogP contribution in [0.25, 0.3) is 35.1 Å². The molecule has 4 aromatic rings. The summed E-state index contributed by atoms with van der Waals surface area (Å²) in [6.07, 6.45) is 6.66. The number of phenolic OH excluding ortho intramolecular Hbond substituents is 1. The molecule has 0 saturated carbocycles. The van der Waals surface area contributed by atoms with Crippen molar-refractivity contribution in [2.45, 2.75) is 0 Å². The molecular weight excluding hydrogens is 354 g/mol. The van der Waals surface area contributed by atoms with Crippen LogP contribution < -0.4 is 5.32 Å². The number of aromatic nitrogens is 6. The summed E-state index contributed by atoms with van der Waals surface area (Å²) < 4.78 is 0. The molecule has 0 aliphatic rings. The molecule has 0 aliphatic heterocycles. The number of hydrogen-bond acceptors (Lipinski definition) is 6. The Kier molecular flexibility index (Phi) is 4.43. The second kappa shape index (κ2) is 7.20. The summed E-state index contributed by atoms with van der Waals surface area (Å²) in [7, 11) is 0. The topological polar surface area (TPSA) is 115 Å². The molecule has 28 heavy (non-hydrogen) atoms. The highest BCUT2D eigenvalue weighted by Gasteiger charge is 2.14. The minimum absolute atomic E-state index is 0.192. The lowest BCUT2D eigenvalue weighted by Crippen LogP contribution is -1.97. The van der Waals surface area contributed by atoms with Gasteiger partial charge in [0.2, 0.25) is 0 Å². The van der Waals surface area contributed by atoms with Gasteiger partial charge in [0, 0.05) is 11.8 Å². The quantitative estimate of drug-likeness (QED) is 0.407. The molecule has 138 valence electrons. The van der Waals surface area contributed by atoms with E-state index in [1.165, 1.54) is 0 Å². The van der Waals surface area contributed by atoms with Crippen LogP contribution in [0.2, 0.25) is 0 Å². The Morgan fingerprint density at radius 2 is 1.86 bits per heavy atom. The standard InChI is InChI=1S/C20H17N7O/c1-3-14-15(4-2)25-20(24-14)18-16(11-22-27-18)23-17-9-10-21-19(26-17)12-5-7-13(28)8-6-12/h3-11,28H,1-2H2,(H,22,27)(H,24,25)(H,21,23,26). The zero-order valence-corrected chi connectivity index (χ0v) is 14.8. The summed E-state index contributed by atoms with van der Waals surface area (Å²) in [4.78, 5) is 16.5. The summed E-state index contributed by atoms with van der Waals surface area (Å²) in [6.45, 7) is 7.54. The van der Waals surface area contributed by atoms with Gasteiger partial charge in [-0.3, -0.25) is 5.10 Å². The number of rotatable bonds is 6. The Balaban J connectivity index is 1.64. The molecule has 8 nitrogen and oxygen atoms in total. The fraction of sp³-hybridized carbons (Fsp3) is 0.